The predicted molar refractivity (Wildman–Crippen MR) is 116 cm³/mol. The molecule has 0 saturated carbocycles. The molecule has 0 bridgehead atoms. The van der Waals surface area contributed by atoms with Crippen molar-refractivity contribution in [2.24, 2.45) is 0 Å². The molecule has 0 spiro atoms. The summed E-state index contributed by atoms with van der Waals surface area (Å²) < 4.78 is 11.3. The van der Waals surface area contributed by atoms with Crippen molar-refractivity contribution < 1.29 is 14.3 Å². The van der Waals surface area contributed by atoms with Crippen LogP contribution in [0.25, 0.3) is 0 Å². The summed E-state index contributed by atoms with van der Waals surface area (Å²) in [5.74, 6) is 1.94. The first-order valence-corrected chi connectivity index (χ1v) is 10.9. The Balaban J connectivity index is 1.28. The van der Waals surface area contributed by atoms with Gasteiger partial charge >= 0.3 is 0 Å². The Morgan fingerprint density at radius 3 is 2.66 bits per heavy atom. The number of carbonyl (C=O) groups excluding carboxylic acids is 1. The SMILES string of the molecule is CC(C)c1ccc(Nc2nnc(SCC(=O)Nc3ccc4c(c3)OCO4)s2)cc1. The summed E-state index contributed by atoms with van der Waals surface area (Å²) in [6, 6.07) is 13.6. The molecular weight excluding hydrogens is 408 g/mol. The number of nitrogens with zero attached hydrogens (tertiary/aromatic N) is 2. The molecule has 29 heavy (non-hydrogen) atoms. The van der Waals surface area contributed by atoms with Crippen LogP contribution in [-0.4, -0.2) is 28.7 Å². The van der Waals surface area contributed by atoms with E-state index in [0.717, 1.165) is 10.0 Å². The van der Waals surface area contributed by atoms with Crippen molar-refractivity contribution in [2.75, 3.05) is 23.2 Å². The molecule has 3 aromatic rings. The molecule has 2 heterocycles. The number of hydrogen-bond acceptors (Lipinski definition) is 8. The van der Waals surface area contributed by atoms with Gasteiger partial charge < -0.3 is 20.1 Å². The normalized spacial score (nSPS) is 12.2. The summed E-state index contributed by atoms with van der Waals surface area (Å²) in [7, 11) is 0. The van der Waals surface area contributed by atoms with Crippen molar-refractivity contribution in [1.82, 2.24) is 10.2 Å². The predicted octanol–water partition coefficient (Wildman–Crippen LogP) is 4.86. The number of aromatic nitrogens is 2. The van der Waals surface area contributed by atoms with Gasteiger partial charge in [0.05, 0.1) is 5.75 Å². The van der Waals surface area contributed by atoms with Crippen LogP contribution in [-0.2, 0) is 4.79 Å². The first kappa shape index (κ1) is 19.5. The minimum Gasteiger partial charge on any atom is -0.454 e. The number of fused-ring (bicyclic) bond motifs is 1. The van der Waals surface area contributed by atoms with E-state index in [1.54, 1.807) is 18.2 Å². The van der Waals surface area contributed by atoms with Crippen LogP contribution in [0, 0.1) is 0 Å². The van der Waals surface area contributed by atoms with Crippen LogP contribution in [0.2, 0.25) is 0 Å². The molecular formula is C20H20N4O3S2. The Hall–Kier alpha value is -2.78. The number of rotatable bonds is 7. The molecule has 2 N–H and O–H groups in total. The van der Waals surface area contributed by atoms with Gasteiger partial charge in [-0.1, -0.05) is 49.1 Å². The lowest BCUT2D eigenvalue weighted by atomic mass is 10.0. The van der Waals surface area contributed by atoms with Gasteiger partial charge in [0.1, 0.15) is 0 Å². The summed E-state index contributed by atoms with van der Waals surface area (Å²) in [6.07, 6.45) is 0. The molecule has 0 aliphatic carbocycles. The number of hydrogen-bond donors (Lipinski definition) is 2. The number of amides is 1. The van der Waals surface area contributed by atoms with E-state index in [4.69, 9.17) is 9.47 Å². The summed E-state index contributed by atoms with van der Waals surface area (Å²) in [5.41, 5.74) is 2.92. The first-order valence-electron chi connectivity index (χ1n) is 9.09. The zero-order chi connectivity index (χ0) is 20.2. The molecule has 0 fully saturated rings. The fourth-order valence-electron chi connectivity index (χ4n) is 2.69. The van der Waals surface area contributed by atoms with Crippen LogP contribution in [0.15, 0.2) is 46.8 Å². The molecule has 1 aliphatic heterocycles. The molecule has 0 radical (unpaired) electrons. The Labute approximate surface area is 176 Å². The molecule has 1 aliphatic rings. The first-order chi connectivity index (χ1) is 14.1. The van der Waals surface area contributed by atoms with Gasteiger partial charge in [-0.05, 0) is 35.7 Å². The topological polar surface area (TPSA) is 85.4 Å². The zero-order valence-electron chi connectivity index (χ0n) is 16.0. The van der Waals surface area contributed by atoms with E-state index in [2.05, 4.69) is 46.8 Å². The average molecular weight is 429 g/mol. The standard InChI is InChI=1S/C20H20N4O3S2/c1-12(2)13-3-5-14(6-4-13)22-19-23-24-20(29-19)28-10-18(25)21-15-7-8-16-17(9-15)27-11-26-16/h3-9,12H,10-11H2,1-2H3,(H,21,25)(H,22,23). The molecule has 1 aromatic heterocycles. The van der Waals surface area contributed by atoms with E-state index in [1.165, 1.54) is 28.7 Å². The maximum atomic E-state index is 12.2. The second-order valence-electron chi connectivity index (χ2n) is 6.68. The third-order valence-electron chi connectivity index (χ3n) is 4.22. The molecule has 150 valence electrons. The van der Waals surface area contributed by atoms with Crippen molar-refractivity contribution in [2.45, 2.75) is 24.1 Å². The third kappa shape index (κ3) is 4.99. The average Bonchev–Trinajstić information content (AvgIpc) is 3.35. The summed E-state index contributed by atoms with van der Waals surface area (Å²) in [4.78, 5) is 12.2. The van der Waals surface area contributed by atoms with Crippen LogP contribution in [0.5, 0.6) is 11.5 Å². The van der Waals surface area contributed by atoms with E-state index in [9.17, 15) is 4.79 Å². The van der Waals surface area contributed by atoms with Crippen molar-refractivity contribution >= 4 is 45.5 Å². The fraction of sp³-hybridized carbons (Fsp3) is 0.250. The highest BCUT2D eigenvalue weighted by Gasteiger charge is 2.15. The molecule has 7 nitrogen and oxygen atoms in total. The van der Waals surface area contributed by atoms with Crippen molar-refractivity contribution in [3.63, 3.8) is 0 Å². The lowest BCUT2D eigenvalue weighted by molar-refractivity contribution is -0.113. The smallest absolute Gasteiger partial charge is 0.234 e. The van der Waals surface area contributed by atoms with Gasteiger partial charge in [0.2, 0.25) is 17.8 Å². The molecule has 9 heteroatoms. The van der Waals surface area contributed by atoms with Gasteiger partial charge in [-0.2, -0.15) is 0 Å². The number of nitrogens with one attached hydrogen (secondary N) is 2. The second kappa shape index (κ2) is 8.71. The Bertz CT molecular complexity index is 1010. The monoisotopic (exact) mass is 428 g/mol. The van der Waals surface area contributed by atoms with Crippen LogP contribution in [0.1, 0.15) is 25.3 Å². The minimum atomic E-state index is -0.122. The quantitative estimate of drug-likeness (QED) is 0.520. The van der Waals surface area contributed by atoms with Crippen LogP contribution >= 0.6 is 23.1 Å². The van der Waals surface area contributed by atoms with Crippen LogP contribution in [0.4, 0.5) is 16.5 Å². The highest BCUT2D eigenvalue weighted by atomic mass is 32.2. The summed E-state index contributed by atoms with van der Waals surface area (Å²) in [5, 5.41) is 15.1. The van der Waals surface area contributed by atoms with E-state index in [-0.39, 0.29) is 18.5 Å². The maximum Gasteiger partial charge on any atom is 0.234 e. The lowest BCUT2D eigenvalue weighted by Crippen LogP contribution is -2.13. The fourth-order valence-corrected chi connectivity index (χ4v) is 4.26. The molecule has 0 unspecified atom stereocenters. The van der Waals surface area contributed by atoms with Gasteiger partial charge in [0, 0.05) is 17.4 Å². The molecule has 0 saturated heterocycles. The summed E-state index contributed by atoms with van der Waals surface area (Å²) >= 11 is 2.76. The van der Waals surface area contributed by atoms with E-state index in [0.29, 0.717) is 28.2 Å². The second-order valence-corrected chi connectivity index (χ2v) is 8.88. The van der Waals surface area contributed by atoms with Crippen molar-refractivity contribution in [3.05, 3.63) is 48.0 Å². The third-order valence-corrected chi connectivity index (χ3v) is 6.19. The van der Waals surface area contributed by atoms with E-state index < -0.39 is 0 Å². The number of thioether (sulfide) groups is 1. The van der Waals surface area contributed by atoms with E-state index in [1.807, 2.05) is 12.1 Å². The Morgan fingerprint density at radius 1 is 1.10 bits per heavy atom. The molecule has 1 amide bonds. The molecule has 2 aromatic carbocycles. The van der Waals surface area contributed by atoms with Crippen LogP contribution in [0.3, 0.4) is 0 Å². The minimum absolute atomic E-state index is 0.122. The Morgan fingerprint density at radius 2 is 1.86 bits per heavy atom. The Kier molecular flexibility index (Phi) is 5.86. The number of carbonyl (C=O) groups is 1. The van der Waals surface area contributed by atoms with E-state index >= 15 is 0 Å². The summed E-state index contributed by atoms with van der Waals surface area (Å²) in [6.45, 7) is 4.54. The number of anilines is 3. The maximum absolute atomic E-state index is 12.2. The van der Waals surface area contributed by atoms with Gasteiger partial charge in [-0.3, -0.25) is 4.79 Å². The van der Waals surface area contributed by atoms with Crippen LogP contribution < -0.4 is 20.1 Å². The van der Waals surface area contributed by atoms with Crippen molar-refractivity contribution in [1.29, 1.82) is 0 Å². The molecule has 0 atom stereocenters. The largest absolute Gasteiger partial charge is 0.454 e. The molecule has 4 rings (SSSR count). The van der Waals surface area contributed by atoms with Gasteiger partial charge in [0.15, 0.2) is 15.8 Å². The van der Waals surface area contributed by atoms with Gasteiger partial charge in [-0.25, -0.2) is 0 Å². The number of ether oxygens (including phenoxy) is 2. The zero-order valence-corrected chi connectivity index (χ0v) is 17.6. The number of benzene rings is 2. The van der Waals surface area contributed by atoms with Gasteiger partial charge in [0.25, 0.3) is 0 Å². The van der Waals surface area contributed by atoms with Gasteiger partial charge in [-0.15, -0.1) is 10.2 Å². The highest BCUT2D eigenvalue weighted by Crippen LogP contribution is 2.34. The lowest BCUT2D eigenvalue weighted by Gasteiger charge is -2.06. The van der Waals surface area contributed by atoms with Crippen molar-refractivity contribution in [3.8, 4) is 11.5 Å². The highest BCUT2D eigenvalue weighted by molar-refractivity contribution is 8.01.